The van der Waals surface area contributed by atoms with Crippen molar-refractivity contribution >= 4 is 0 Å². The van der Waals surface area contributed by atoms with Gasteiger partial charge >= 0.3 is 0 Å². The first-order chi connectivity index (χ1) is 9.11. The summed E-state index contributed by atoms with van der Waals surface area (Å²) in [5.74, 6) is 1.58. The Labute approximate surface area is 119 Å². The largest absolute Gasteiger partial charge is 0.390 e. The minimum Gasteiger partial charge on any atom is -0.390 e. The van der Waals surface area contributed by atoms with Gasteiger partial charge in [-0.1, -0.05) is 33.6 Å². The molecule has 0 aromatic rings. The normalized spacial score (nSPS) is 23.5. The zero-order chi connectivity index (χ0) is 14.1. The standard InChI is InChI=1S/C16H34N2O/c1-4-6-15-7-5-9-18(10-8-15)13-16(19)12-17-11-14(2)3/h14-17,19H,4-13H2,1-3H3. The van der Waals surface area contributed by atoms with Gasteiger partial charge in [0.25, 0.3) is 0 Å². The average molecular weight is 270 g/mol. The van der Waals surface area contributed by atoms with Crippen molar-refractivity contribution in [2.75, 3.05) is 32.7 Å². The molecule has 0 amide bonds. The molecular weight excluding hydrogens is 236 g/mol. The van der Waals surface area contributed by atoms with Crippen LogP contribution in [0.25, 0.3) is 0 Å². The number of rotatable bonds is 8. The monoisotopic (exact) mass is 270 g/mol. The molecule has 0 aromatic carbocycles. The fourth-order valence-electron chi connectivity index (χ4n) is 3.01. The molecule has 1 aliphatic heterocycles. The number of aliphatic hydroxyl groups excluding tert-OH is 1. The van der Waals surface area contributed by atoms with Gasteiger partial charge in [-0.2, -0.15) is 0 Å². The molecule has 2 atom stereocenters. The third-order valence-corrected chi connectivity index (χ3v) is 4.04. The molecule has 0 aliphatic carbocycles. The van der Waals surface area contributed by atoms with Gasteiger partial charge in [0, 0.05) is 13.1 Å². The number of nitrogens with zero attached hydrogens (tertiary/aromatic N) is 1. The number of hydrogen-bond acceptors (Lipinski definition) is 3. The van der Waals surface area contributed by atoms with Crippen LogP contribution in [-0.4, -0.2) is 48.8 Å². The highest BCUT2D eigenvalue weighted by atomic mass is 16.3. The summed E-state index contributed by atoms with van der Waals surface area (Å²) in [7, 11) is 0. The van der Waals surface area contributed by atoms with Gasteiger partial charge in [-0.05, 0) is 50.7 Å². The van der Waals surface area contributed by atoms with E-state index in [1.165, 1.54) is 45.2 Å². The summed E-state index contributed by atoms with van der Waals surface area (Å²) >= 11 is 0. The van der Waals surface area contributed by atoms with Gasteiger partial charge in [0.05, 0.1) is 6.10 Å². The minimum absolute atomic E-state index is 0.221. The van der Waals surface area contributed by atoms with E-state index >= 15 is 0 Å². The highest BCUT2D eigenvalue weighted by Crippen LogP contribution is 2.21. The fourth-order valence-corrected chi connectivity index (χ4v) is 3.01. The average Bonchev–Trinajstić information content (AvgIpc) is 2.55. The molecule has 3 nitrogen and oxygen atoms in total. The van der Waals surface area contributed by atoms with Crippen molar-refractivity contribution in [1.29, 1.82) is 0 Å². The first-order valence-corrected chi connectivity index (χ1v) is 8.23. The molecule has 1 fully saturated rings. The topological polar surface area (TPSA) is 35.5 Å². The Balaban J connectivity index is 2.17. The summed E-state index contributed by atoms with van der Waals surface area (Å²) in [6, 6.07) is 0. The van der Waals surface area contributed by atoms with E-state index in [4.69, 9.17) is 0 Å². The molecule has 3 heteroatoms. The zero-order valence-corrected chi connectivity index (χ0v) is 13.2. The molecule has 1 heterocycles. The van der Waals surface area contributed by atoms with Crippen LogP contribution in [0.5, 0.6) is 0 Å². The van der Waals surface area contributed by atoms with Crippen molar-refractivity contribution in [3.63, 3.8) is 0 Å². The third kappa shape index (κ3) is 7.91. The first kappa shape index (κ1) is 16.9. The van der Waals surface area contributed by atoms with Gasteiger partial charge in [-0.15, -0.1) is 0 Å². The molecule has 114 valence electrons. The summed E-state index contributed by atoms with van der Waals surface area (Å²) in [5.41, 5.74) is 0. The lowest BCUT2D eigenvalue weighted by molar-refractivity contribution is 0.112. The maximum atomic E-state index is 10.1. The van der Waals surface area contributed by atoms with Crippen molar-refractivity contribution in [3.8, 4) is 0 Å². The Kier molecular flexibility index (Phi) is 8.67. The van der Waals surface area contributed by atoms with E-state index in [1.807, 2.05) is 0 Å². The predicted octanol–water partition coefficient (Wildman–Crippen LogP) is 2.50. The molecule has 19 heavy (non-hydrogen) atoms. The van der Waals surface area contributed by atoms with Crippen LogP contribution in [0, 0.1) is 11.8 Å². The number of likely N-dealkylation sites (tertiary alicyclic amines) is 1. The Morgan fingerprint density at radius 2 is 2.00 bits per heavy atom. The van der Waals surface area contributed by atoms with Crippen LogP contribution >= 0.6 is 0 Å². The van der Waals surface area contributed by atoms with Crippen molar-refractivity contribution in [2.24, 2.45) is 11.8 Å². The molecule has 0 saturated carbocycles. The molecule has 0 bridgehead atoms. The second-order valence-corrected chi connectivity index (χ2v) is 6.59. The molecule has 1 saturated heterocycles. The summed E-state index contributed by atoms with van der Waals surface area (Å²) in [5, 5.41) is 13.4. The molecule has 0 spiro atoms. The van der Waals surface area contributed by atoms with Crippen LogP contribution in [0.4, 0.5) is 0 Å². The van der Waals surface area contributed by atoms with Gasteiger partial charge < -0.3 is 15.3 Å². The van der Waals surface area contributed by atoms with E-state index in [0.717, 1.165) is 25.6 Å². The van der Waals surface area contributed by atoms with Crippen LogP contribution in [0.3, 0.4) is 0 Å². The van der Waals surface area contributed by atoms with Gasteiger partial charge in [0.15, 0.2) is 0 Å². The van der Waals surface area contributed by atoms with Crippen molar-refractivity contribution < 1.29 is 5.11 Å². The van der Waals surface area contributed by atoms with Crippen LogP contribution in [-0.2, 0) is 0 Å². The van der Waals surface area contributed by atoms with E-state index in [0.29, 0.717) is 5.92 Å². The van der Waals surface area contributed by atoms with Crippen LogP contribution in [0.1, 0.15) is 52.9 Å². The third-order valence-electron chi connectivity index (χ3n) is 4.04. The van der Waals surface area contributed by atoms with Gasteiger partial charge in [0.2, 0.25) is 0 Å². The Morgan fingerprint density at radius 1 is 1.21 bits per heavy atom. The van der Waals surface area contributed by atoms with Crippen LogP contribution in [0.2, 0.25) is 0 Å². The quantitative estimate of drug-likeness (QED) is 0.711. The molecular formula is C16H34N2O. The predicted molar refractivity (Wildman–Crippen MR) is 82.4 cm³/mol. The lowest BCUT2D eigenvalue weighted by Crippen LogP contribution is -2.39. The summed E-state index contributed by atoms with van der Waals surface area (Å²) in [4.78, 5) is 2.46. The number of aliphatic hydroxyl groups is 1. The van der Waals surface area contributed by atoms with Crippen molar-refractivity contribution in [2.45, 2.75) is 59.0 Å². The molecule has 1 rings (SSSR count). The van der Waals surface area contributed by atoms with Gasteiger partial charge in [0.1, 0.15) is 0 Å². The highest BCUT2D eigenvalue weighted by Gasteiger charge is 2.18. The first-order valence-electron chi connectivity index (χ1n) is 8.23. The minimum atomic E-state index is -0.221. The molecule has 0 aromatic heterocycles. The van der Waals surface area contributed by atoms with Gasteiger partial charge in [-0.3, -0.25) is 0 Å². The van der Waals surface area contributed by atoms with Crippen LogP contribution in [0.15, 0.2) is 0 Å². The highest BCUT2D eigenvalue weighted by molar-refractivity contribution is 4.73. The van der Waals surface area contributed by atoms with Crippen molar-refractivity contribution in [1.82, 2.24) is 10.2 Å². The Morgan fingerprint density at radius 3 is 2.68 bits per heavy atom. The zero-order valence-electron chi connectivity index (χ0n) is 13.2. The summed E-state index contributed by atoms with van der Waals surface area (Å²) in [6.45, 7) is 11.6. The summed E-state index contributed by atoms with van der Waals surface area (Å²) in [6.07, 6.45) is 6.48. The maximum Gasteiger partial charge on any atom is 0.0791 e. The number of nitrogens with one attached hydrogen (secondary N) is 1. The Hall–Kier alpha value is -0.120. The molecule has 2 N–H and O–H groups in total. The lowest BCUT2D eigenvalue weighted by Gasteiger charge is -2.24. The molecule has 2 unspecified atom stereocenters. The second kappa shape index (κ2) is 9.73. The van der Waals surface area contributed by atoms with E-state index in [-0.39, 0.29) is 6.10 Å². The van der Waals surface area contributed by atoms with Crippen molar-refractivity contribution in [3.05, 3.63) is 0 Å². The van der Waals surface area contributed by atoms with E-state index < -0.39 is 0 Å². The fraction of sp³-hybridized carbons (Fsp3) is 1.00. The van der Waals surface area contributed by atoms with Gasteiger partial charge in [-0.25, -0.2) is 0 Å². The Bertz CT molecular complexity index is 221. The summed E-state index contributed by atoms with van der Waals surface area (Å²) < 4.78 is 0. The second-order valence-electron chi connectivity index (χ2n) is 6.59. The van der Waals surface area contributed by atoms with E-state index in [2.05, 4.69) is 31.0 Å². The number of β-amino-alcohol motifs (C(OH)–C–C–N with tert-alkyl or cyclic N) is 1. The SMILES string of the molecule is CCCC1CCCN(CC(O)CNCC(C)C)CC1. The van der Waals surface area contributed by atoms with E-state index in [9.17, 15) is 5.11 Å². The molecule has 1 aliphatic rings. The van der Waals surface area contributed by atoms with E-state index in [1.54, 1.807) is 0 Å². The lowest BCUT2D eigenvalue weighted by atomic mass is 9.96. The number of hydrogen-bond donors (Lipinski definition) is 2. The van der Waals surface area contributed by atoms with Crippen LogP contribution < -0.4 is 5.32 Å². The molecule has 0 radical (unpaired) electrons. The smallest absolute Gasteiger partial charge is 0.0791 e. The maximum absolute atomic E-state index is 10.1.